The Morgan fingerprint density at radius 2 is 2.04 bits per heavy atom. The van der Waals surface area contributed by atoms with Crippen LogP contribution in [-0.4, -0.2) is 23.5 Å². The number of allylic oxidation sites excluding steroid dienone is 2. The number of hydrogen-bond donors (Lipinski definition) is 1. The Morgan fingerprint density at radius 3 is 2.74 bits per heavy atom. The summed E-state index contributed by atoms with van der Waals surface area (Å²) in [4.78, 5) is 25.4. The first-order chi connectivity index (χ1) is 12.9. The average Bonchev–Trinajstić information content (AvgIpc) is 2.63. The highest BCUT2D eigenvalue weighted by molar-refractivity contribution is 9.10. The van der Waals surface area contributed by atoms with Crippen LogP contribution in [0.25, 0.3) is 5.57 Å². The molecule has 0 aromatic heterocycles. The standard InChI is InChI=1S/C22H21BrO4/c1-3-27-22(26)21-18(14-5-4-6-16(23)10-14)11-15(12-20(21)25)17-9-13(2)7-8-19(17)24/h4-10,12,18,21,24H,3,11H2,1-2H3. The predicted octanol–water partition coefficient (Wildman–Crippen LogP) is 4.78. The molecule has 2 unspecified atom stereocenters. The molecule has 0 radical (unpaired) electrons. The van der Waals surface area contributed by atoms with E-state index in [1.54, 1.807) is 13.0 Å². The third-order valence-electron chi connectivity index (χ3n) is 4.78. The number of phenols is 1. The lowest BCUT2D eigenvalue weighted by atomic mass is 9.73. The molecule has 1 N–H and O–H groups in total. The van der Waals surface area contributed by atoms with Gasteiger partial charge in [-0.2, -0.15) is 0 Å². The molecule has 0 bridgehead atoms. The van der Waals surface area contributed by atoms with Gasteiger partial charge in [0.2, 0.25) is 0 Å². The molecule has 1 aliphatic rings. The van der Waals surface area contributed by atoms with Crippen molar-refractivity contribution in [2.75, 3.05) is 6.61 Å². The quantitative estimate of drug-likeness (QED) is 0.561. The SMILES string of the molecule is CCOC(=O)C1C(=O)C=C(c2cc(C)ccc2O)CC1c1cccc(Br)c1. The van der Waals surface area contributed by atoms with Gasteiger partial charge in [0.25, 0.3) is 0 Å². The highest BCUT2D eigenvalue weighted by Crippen LogP contribution is 2.42. The third kappa shape index (κ3) is 4.14. The van der Waals surface area contributed by atoms with Crippen molar-refractivity contribution < 1.29 is 19.4 Å². The lowest BCUT2D eigenvalue weighted by Gasteiger charge is -2.30. The van der Waals surface area contributed by atoms with Gasteiger partial charge in [0, 0.05) is 16.0 Å². The first-order valence-corrected chi connectivity index (χ1v) is 9.66. The lowest BCUT2D eigenvalue weighted by molar-refractivity contribution is -0.151. The van der Waals surface area contributed by atoms with Crippen LogP contribution >= 0.6 is 15.9 Å². The van der Waals surface area contributed by atoms with Crippen molar-refractivity contribution in [1.29, 1.82) is 0 Å². The minimum Gasteiger partial charge on any atom is -0.507 e. The fourth-order valence-corrected chi connectivity index (χ4v) is 3.95. The van der Waals surface area contributed by atoms with Crippen LogP contribution in [-0.2, 0) is 14.3 Å². The van der Waals surface area contributed by atoms with Gasteiger partial charge < -0.3 is 9.84 Å². The molecule has 2 aromatic rings. The summed E-state index contributed by atoms with van der Waals surface area (Å²) in [7, 11) is 0. The summed E-state index contributed by atoms with van der Waals surface area (Å²) in [5.74, 6) is -1.90. The number of benzene rings is 2. The summed E-state index contributed by atoms with van der Waals surface area (Å²) in [6, 6.07) is 12.9. The van der Waals surface area contributed by atoms with Gasteiger partial charge in [-0.1, -0.05) is 39.7 Å². The molecule has 0 aliphatic heterocycles. The van der Waals surface area contributed by atoms with Gasteiger partial charge >= 0.3 is 5.97 Å². The number of phenolic OH excluding ortho intramolecular Hbond substituents is 1. The summed E-state index contributed by atoms with van der Waals surface area (Å²) in [6.45, 7) is 3.88. The van der Waals surface area contributed by atoms with E-state index < -0.39 is 11.9 Å². The zero-order valence-corrected chi connectivity index (χ0v) is 16.8. The minimum atomic E-state index is -0.880. The van der Waals surface area contributed by atoms with E-state index in [1.165, 1.54) is 6.08 Å². The number of hydrogen-bond acceptors (Lipinski definition) is 4. The molecule has 0 saturated carbocycles. The number of rotatable bonds is 4. The van der Waals surface area contributed by atoms with Gasteiger partial charge in [0.1, 0.15) is 11.7 Å². The van der Waals surface area contributed by atoms with Crippen molar-refractivity contribution in [2.24, 2.45) is 5.92 Å². The van der Waals surface area contributed by atoms with Crippen molar-refractivity contribution in [3.8, 4) is 5.75 Å². The Balaban J connectivity index is 2.08. The zero-order valence-electron chi connectivity index (χ0n) is 15.2. The molecule has 27 heavy (non-hydrogen) atoms. The molecule has 0 spiro atoms. The Kier molecular flexibility index (Phi) is 5.80. The molecular formula is C22H21BrO4. The van der Waals surface area contributed by atoms with E-state index in [-0.39, 0.29) is 24.1 Å². The number of carbonyl (C=O) groups excluding carboxylic acids is 2. The van der Waals surface area contributed by atoms with E-state index in [0.29, 0.717) is 12.0 Å². The molecule has 0 fully saturated rings. The van der Waals surface area contributed by atoms with Crippen molar-refractivity contribution >= 4 is 33.3 Å². The molecule has 3 rings (SSSR count). The molecule has 4 nitrogen and oxygen atoms in total. The first-order valence-electron chi connectivity index (χ1n) is 8.87. The predicted molar refractivity (Wildman–Crippen MR) is 107 cm³/mol. The number of carbonyl (C=O) groups is 2. The van der Waals surface area contributed by atoms with E-state index in [0.717, 1.165) is 21.2 Å². The highest BCUT2D eigenvalue weighted by Gasteiger charge is 2.40. The molecule has 1 aliphatic carbocycles. The van der Waals surface area contributed by atoms with Gasteiger partial charge in [0.05, 0.1) is 6.61 Å². The number of aromatic hydroxyl groups is 1. The van der Waals surface area contributed by atoms with Crippen molar-refractivity contribution in [2.45, 2.75) is 26.2 Å². The minimum absolute atomic E-state index is 0.127. The first kappa shape index (κ1) is 19.4. The largest absolute Gasteiger partial charge is 0.507 e. The van der Waals surface area contributed by atoms with E-state index in [2.05, 4.69) is 15.9 Å². The van der Waals surface area contributed by atoms with Gasteiger partial charge in [0.15, 0.2) is 5.78 Å². The van der Waals surface area contributed by atoms with E-state index in [9.17, 15) is 14.7 Å². The van der Waals surface area contributed by atoms with Crippen LogP contribution in [0.1, 0.15) is 36.0 Å². The van der Waals surface area contributed by atoms with Crippen LogP contribution in [0.15, 0.2) is 53.0 Å². The Hall–Kier alpha value is -2.40. The second-order valence-corrected chi connectivity index (χ2v) is 7.60. The number of ketones is 1. The molecule has 0 saturated heterocycles. The van der Waals surface area contributed by atoms with E-state index in [1.807, 2.05) is 43.3 Å². The van der Waals surface area contributed by atoms with Crippen LogP contribution < -0.4 is 0 Å². The monoisotopic (exact) mass is 428 g/mol. The maximum atomic E-state index is 12.9. The molecule has 0 amide bonds. The number of halogens is 1. The van der Waals surface area contributed by atoms with Gasteiger partial charge in [-0.3, -0.25) is 9.59 Å². The third-order valence-corrected chi connectivity index (χ3v) is 5.27. The van der Waals surface area contributed by atoms with Gasteiger partial charge in [-0.05, 0) is 61.7 Å². The second-order valence-electron chi connectivity index (χ2n) is 6.69. The average molecular weight is 429 g/mol. The molecule has 2 atom stereocenters. The molecule has 0 heterocycles. The molecule has 140 valence electrons. The topological polar surface area (TPSA) is 63.6 Å². The van der Waals surface area contributed by atoms with Gasteiger partial charge in [-0.15, -0.1) is 0 Å². The number of aryl methyl sites for hydroxylation is 1. The number of esters is 1. The van der Waals surface area contributed by atoms with E-state index in [4.69, 9.17) is 4.74 Å². The Bertz CT molecular complexity index is 916. The Labute approximate surface area is 167 Å². The summed E-state index contributed by atoms with van der Waals surface area (Å²) in [6.07, 6.45) is 1.94. The van der Waals surface area contributed by atoms with Crippen LogP contribution in [0.4, 0.5) is 0 Å². The summed E-state index contributed by atoms with van der Waals surface area (Å²) >= 11 is 3.46. The van der Waals surface area contributed by atoms with Crippen LogP contribution in [0.5, 0.6) is 5.75 Å². The van der Waals surface area contributed by atoms with E-state index >= 15 is 0 Å². The lowest BCUT2D eigenvalue weighted by Crippen LogP contribution is -2.34. The van der Waals surface area contributed by atoms with Crippen LogP contribution in [0.3, 0.4) is 0 Å². The van der Waals surface area contributed by atoms with Crippen molar-refractivity contribution in [1.82, 2.24) is 0 Å². The highest BCUT2D eigenvalue weighted by atomic mass is 79.9. The van der Waals surface area contributed by atoms with Crippen molar-refractivity contribution in [3.05, 3.63) is 69.7 Å². The fraction of sp³-hybridized carbons (Fsp3) is 0.273. The normalized spacial score (nSPS) is 19.5. The molecule has 5 heteroatoms. The molecule has 2 aromatic carbocycles. The smallest absolute Gasteiger partial charge is 0.317 e. The van der Waals surface area contributed by atoms with Crippen molar-refractivity contribution in [3.63, 3.8) is 0 Å². The summed E-state index contributed by atoms with van der Waals surface area (Å²) in [5.41, 5.74) is 3.23. The fourth-order valence-electron chi connectivity index (χ4n) is 3.53. The summed E-state index contributed by atoms with van der Waals surface area (Å²) < 4.78 is 6.05. The maximum Gasteiger partial charge on any atom is 0.317 e. The zero-order chi connectivity index (χ0) is 19.6. The summed E-state index contributed by atoms with van der Waals surface area (Å²) in [5, 5.41) is 10.3. The Morgan fingerprint density at radius 1 is 1.26 bits per heavy atom. The van der Waals surface area contributed by atoms with Crippen LogP contribution in [0.2, 0.25) is 0 Å². The second kappa shape index (κ2) is 8.09. The maximum absolute atomic E-state index is 12.9. The molecular weight excluding hydrogens is 408 g/mol. The number of ether oxygens (including phenoxy) is 1. The van der Waals surface area contributed by atoms with Crippen LogP contribution in [0, 0.1) is 12.8 Å². The van der Waals surface area contributed by atoms with Gasteiger partial charge in [-0.25, -0.2) is 0 Å².